The lowest BCUT2D eigenvalue weighted by atomic mass is 10.2. The first kappa shape index (κ1) is 21.2. The number of aliphatic imine (C=N–C) groups is 1. The van der Waals surface area contributed by atoms with Crippen LogP contribution in [0.2, 0.25) is 0 Å². The molecule has 10 nitrogen and oxygen atoms in total. The molecule has 0 aliphatic carbocycles. The fourth-order valence-electron chi connectivity index (χ4n) is 3.30. The molecule has 2 aliphatic rings. The van der Waals surface area contributed by atoms with Gasteiger partial charge in [-0.2, -0.15) is 0 Å². The Hall–Kier alpha value is -3.08. The highest BCUT2D eigenvalue weighted by Crippen LogP contribution is 2.15. The Kier molecular flexibility index (Phi) is 7.03. The van der Waals surface area contributed by atoms with Gasteiger partial charge in [0.15, 0.2) is 11.6 Å². The van der Waals surface area contributed by atoms with Crippen LogP contribution in [-0.2, 0) is 4.74 Å². The molecule has 4 rings (SSSR count). The topological polar surface area (TPSA) is 117 Å². The molecule has 0 spiro atoms. The van der Waals surface area contributed by atoms with Gasteiger partial charge in [-0.05, 0) is 31.2 Å². The second-order valence-corrected chi connectivity index (χ2v) is 7.46. The van der Waals surface area contributed by atoms with Crippen LogP contribution in [0, 0.1) is 0 Å². The predicted molar refractivity (Wildman–Crippen MR) is 117 cm³/mol. The van der Waals surface area contributed by atoms with Crippen LogP contribution in [0.3, 0.4) is 0 Å². The molecule has 1 atom stereocenters. The highest BCUT2D eigenvalue weighted by molar-refractivity contribution is 5.93. The Bertz CT molecular complexity index is 936. The number of hydrazine groups is 1. The molecule has 2 aliphatic heterocycles. The molecule has 2 saturated heterocycles. The molecule has 2 fully saturated rings. The Morgan fingerprint density at radius 2 is 2.23 bits per heavy atom. The van der Waals surface area contributed by atoms with Crippen molar-refractivity contribution in [1.82, 2.24) is 31.0 Å². The molecule has 10 heteroatoms. The predicted octanol–water partition coefficient (Wildman–Crippen LogP) is 1.22. The summed E-state index contributed by atoms with van der Waals surface area (Å²) >= 11 is 0. The van der Waals surface area contributed by atoms with E-state index < -0.39 is 0 Å². The van der Waals surface area contributed by atoms with Gasteiger partial charge in [-0.3, -0.25) is 9.69 Å². The quantitative estimate of drug-likeness (QED) is 0.606. The van der Waals surface area contributed by atoms with Crippen LogP contribution in [0.5, 0.6) is 0 Å². The summed E-state index contributed by atoms with van der Waals surface area (Å²) in [4.78, 5) is 28.4. The lowest BCUT2D eigenvalue weighted by molar-refractivity contribution is 0.0383. The van der Waals surface area contributed by atoms with E-state index in [0.29, 0.717) is 23.9 Å². The molecule has 3 N–H and O–H groups in total. The molecule has 31 heavy (non-hydrogen) atoms. The number of morpholine rings is 1. The van der Waals surface area contributed by atoms with E-state index in [2.05, 4.69) is 43.0 Å². The summed E-state index contributed by atoms with van der Waals surface area (Å²) in [5.74, 6) is 2.00. The van der Waals surface area contributed by atoms with Crippen molar-refractivity contribution in [2.24, 2.45) is 4.99 Å². The first-order valence-corrected chi connectivity index (χ1v) is 10.4. The molecule has 0 saturated carbocycles. The van der Waals surface area contributed by atoms with Crippen LogP contribution in [-0.4, -0.2) is 72.0 Å². The summed E-state index contributed by atoms with van der Waals surface area (Å²) in [6.07, 6.45) is 5.80. The van der Waals surface area contributed by atoms with Crippen LogP contribution in [0.1, 0.15) is 35.4 Å². The summed E-state index contributed by atoms with van der Waals surface area (Å²) in [7, 11) is 0. The molecule has 0 radical (unpaired) electrons. The van der Waals surface area contributed by atoms with Gasteiger partial charge < -0.3 is 19.9 Å². The number of carbonyl (C=O) groups excluding carboxylic acids is 1. The van der Waals surface area contributed by atoms with Crippen LogP contribution in [0.15, 0.2) is 33.9 Å². The summed E-state index contributed by atoms with van der Waals surface area (Å²) in [6.45, 7) is 6.59. The van der Waals surface area contributed by atoms with Gasteiger partial charge in [0.1, 0.15) is 17.3 Å². The fraction of sp³-hybridized carbons (Fsp3) is 0.429. The number of amidine groups is 1. The van der Waals surface area contributed by atoms with E-state index in [1.54, 1.807) is 30.5 Å². The SMILES string of the molecule is CC1CC(=Nc2cc(C(=O)NCCN3CCOCC3)nc(/C=C/c3ccco3)n2)NN1. The molecular weight excluding hydrogens is 398 g/mol. The number of aromatic nitrogens is 2. The first-order valence-electron chi connectivity index (χ1n) is 10.4. The third-order valence-electron chi connectivity index (χ3n) is 4.93. The molecule has 164 valence electrons. The van der Waals surface area contributed by atoms with Crippen LogP contribution < -0.4 is 16.2 Å². The Balaban J connectivity index is 1.48. The number of nitrogens with zero attached hydrogens (tertiary/aromatic N) is 4. The van der Waals surface area contributed by atoms with Crippen molar-refractivity contribution < 1.29 is 13.9 Å². The molecule has 2 aromatic rings. The van der Waals surface area contributed by atoms with E-state index in [9.17, 15) is 4.79 Å². The highest BCUT2D eigenvalue weighted by atomic mass is 16.5. The van der Waals surface area contributed by atoms with E-state index in [0.717, 1.165) is 45.1 Å². The van der Waals surface area contributed by atoms with Crippen molar-refractivity contribution in [3.63, 3.8) is 0 Å². The van der Waals surface area contributed by atoms with E-state index in [4.69, 9.17) is 9.15 Å². The van der Waals surface area contributed by atoms with Crippen LogP contribution in [0.25, 0.3) is 12.2 Å². The maximum Gasteiger partial charge on any atom is 0.270 e. The van der Waals surface area contributed by atoms with Crippen LogP contribution >= 0.6 is 0 Å². The van der Waals surface area contributed by atoms with E-state index in [1.807, 2.05) is 6.07 Å². The minimum Gasteiger partial charge on any atom is -0.465 e. The largest absolute Gasteiger partial charge is 0.465 e. The zero-order valence-electron chi connectivity index (χ0n) is 17.5. The highest BCUT2D eigenvalue weighted by Gasteiger charge is 2.17. The van der Waals surface area contributed by atoms with Gasteiger partial charge in [0, 0.05) is 44.7 Å². The van der Waals surface area contributed by atoms with Gasteiger partial charge in [-0.25, -0.2) is 20.4 Å². The van der Waals surface area contributed by atoms with Gasteiger partial charge in [0.05, 0.1) is 19.5 Å². The summed E-state index contributed by atoms with van der Waals surface area (Å²) in [5, 5.41) is 2.94. The average molecular weight is 425 g/mol. The average Bonchev–Trinajstić information content (AvgIpc) is 3.44. The van der Waals surface area contributed by atoms with Gasteiger partial charge in [-0.15, -0.1) is 0 Å². The van der Waals surface area contributed by atoms with Gasteiger partial charge in [0.2, 0.25) is 0 Å². The smallest absolute Gasteiger partial charge is 0.270 e. The Morgan fingerprint density at radius 3 is 2.97 bits per heavy atom. The number of rotatable bonds is 7. The molecule has 1 unspecified atom stereocenters. The fourth-order valence-corrected chi connectivity index (χ4v) is 3.30. The zero-order valence-corrected chi connectivity index (χ0v) is 17.5. The number of amides is 1. The van der Waals surface area contributed by atoms with Crippen molar-refractivity contribution in [2.45, 2.75) is 19.4 Å². The number of nitrogens with one attached hydrogen (secondary N) is 3. The standard InChI is InChI=1S/C21H27N7O3/c1-15-13-20(27-26-15)25-19-14-17(21(29)22-6-7-28-8-11-30-12-9-28)23-18(24-19)5-4-16-3-2-10-31-16/h2-5,10,14-15,26H,6-9,11-13H2,1H3,(H,22,29)(H,23,24,25,27)/b5-4+. The molecule has 4 heterocycles. The van der Waals surface area contributed by atoms with Crippen molar-refractivity contribution in [3.8, 4) is 0 Å². The van der Waals surface area contributed by atoms with Crippen LogP contribution in [0.4, 0.5) is 5.82 Å². The number of hydrogen-bond donors (Lipinski definition) is 3. The Morgan fingerprint density at radius 1 is 1.35 bits per heavy atom. The number of carbonyl (C=O) groups is 1. The third-order valence-corrected chi connectivity index (χ3v) is 4.93. The van der Waals surface area contributed by atoms with E-state index in [-0.39, 0.29) is 17.6 Å². The van der Waals surface area contributed by atoms with Crippen molar-refractivity contribution >= 4 is 29.7 Å². The van der Waals surface area contributed by atoms with Crippen molar-refractivity contribution in [3.05, 3.63) is 41.7 Å². The molecule has 0 bridgehead atoms. The second-order valence-electron chi connectivity index (χ2n) is 7.46. The van der Waals surface area contributed by atoms with E-state index in [1.165, 1.54) is 0 Å². The second kappa shape index (κ2) is 10.3. The minimum absolute atomic E-state index is 0.254. The first-order chi connectivity index (χ1) is 15.2. The number of hydrogen-bond acceptors (Lipinski definition) is 8. The molecule has 1 amide bonds. The van der Waals surface area contributed by atoms with Gasteiger partial charge in [0.25, 0.3) is 5.91 Å². The van der Waals surface area contributed by atoms with Gasteiger partial charge >= 0.3 is 0 Å². The monoisotopic (exact) mass is 425 g/mol. The summed E-state index contributed by atoms with van der Waals surface area (Å²) < 4.78 is 10.7. The lowest BCUT2D eigenvalue weighted by Crippen LogP contribution is -2.41. The third kappa shape index (κ3) is 6.20. The van der Waals surface area contributed by atoms with E-state index >= 15 is 0 Å². The van der Waals surface area contributed by atoms with Gasteiger partial charge in [-0.1, -0.05) is 0 Å². The van der Waals surface area contributed by atoms with Crippen molar-refractivity contribution in [2.75, 3.05) is 39.4 Å². The zero-order chi connectivity index (χ0) is 21.5. The maximum atomic E-state index is 12.7. The number of furan rings is 1. The normalized spacial score (nSPS) is 20.9. The lowest BCUT2D eigenvalue weighted by Gasteiger charge is -2.26. The molecular formula is C21H27N7O3. The minimum atomic E-state index is -0.254. The molecule has 0 aromatic carbocycles. The Labute approximate surface area is 180 Å². The summed E-state index contributed by atoms with van der Waals surface area (Å²) in [5.41, 5.74) is 6.41. The van der Waals surface area contributed by atoms with Crippen molar-refractivity contribution in [1.29, 1.82) is 0 Å². The molecule has 2 aromatic heterocycles. The number of ether oxygens (including phenoxy) is 1. The maximum absolute atomic E-state index is 12.7. The summed E-state index contributed by atoms with van der Waals surface area (Å²) in [6, 6.07) is 5.51.